The first kappa shape index (κ1) is 21.5. The quantitative estimate of drug-likeness (QED) is 0.207. The van der Waals surface area contributed by atoms with Crippen LogP contribution in [0.2, 0.25) is 0 Å². The molecule has 0 heterocycles. The van der Waals surface area contributed by atoms with Crippen molar-refractivity contribution in [1.29, 1.82) is 0 Å². The summed E-state index contributed by atoms with van der Waals surface area (Å²) in [7, 11) is -3.36. The van der Waals surface area contributed by atoms with Crippen LogP contribution in [0.15, 0.2) is 109 Å². The van der Waals surface area contributed by atoms with E-state index in [0.717, 1.165) is 0 Å². The lowest BCUT2D eigenvalue weighted by Gasteiger charge is -2.23. The molecule has 0 amide bonds. The Morgan fingerprint density at radius 1 is 0.781 bits per heavy atom. The average Bonchev–Trinajstić information content (AvgIpc) is 2.85. The van der Waals surface area contributed by atoms with Crippen LogP contribution in [0.5, 0.6) is 5.75 Å². The van der Waals surface area contributed by atoms with E-state index in [1.54, 1.807) is 48.5 Å². The molecule has 0 aliphatic carbocycles. The third-order valence-electron chi connectivity index (χ3n) is 4.95. The van der Waals surface area contributed by atoms with Crippen molar-refractivity contribution < 1.29 is 19.3 Å². The maximum Gasteiger partial charge on any atom is 0.343 e. The van der Waals surface area contributed by atoms with Gasteiger partial charge in [-0.25, -0.2) is 4.79 Å². The Kier molecular flexibility index (Phi) is 6.19. The molecule has 0 spiro atoms. The van der Waals surface area contributed by atoms with Crippen LogP contribution in [0.3, 0.4) is 0 Å². The topological polar surface area (TPSA) is 89.9 Å². The normalized spacial score (nSPS) is 11.1. The number of hydrogen-bond acceptors (Lipinski definition) is 6. The van der Waals surface area contributed by atoms with Gasteiger partial charge in [0.15, 0.2) is 7.14 Å². The van der Waals surface area contributed by atoms with Crippen LogP contribution in [-0.4, -0.2) is 11.2 Å². The number of rotatable bonds is 6. The molecule has 7 heteroatoms. The summed E-state index contributed by atoms with van der Waals surface area (Å²) in [6, 6.07) is 30.3. The molecule has 160 valence electrons. The second kappa shape index (κ2) is 9.20. The molecule has 0 atom stereocenters. The second-order valence-corrected chi connectivity index (χ2v) is 9.69. The van der Waals surface area contributed by atoms with Crippen molar-refractivity contribution >= 4 is 34.7 Å². The van der Waals surface area contributed by atoms with E-state index < -0.39 is 13.1 Å². The van der Waals surface area contributed by atoms with E-state index in [-0.39, 0.29) is 22.2 Å². The van der Waals surface area contributed by atoms with E-state index in [1.165, 1.54) is 24.3 Å². The lowest BCUT2D eigenvalue weighted by atomic mass is 10.2. The van der Waals surface area contributed by atoms with Crippen molar-refractivity contribution in [3.05, 3.63) is 120 Å². The highest BCUT2D eigenvalue weighted by molar-refractivity contribution is 7.85. The Labute approximate surface area is 185 Å². The molecule has 0 aliphatic heterocycles. The van der Waals surface area contributed by atoms with Gasteiger partial charge in [0.05, 0.1) is 16.6 Å². The first-order valence-electron chi connectivity index (χ1n) is 9.79. The van der Waals surface area contributed by atoms with Gasteiger partial charge in [-0.1, -0.05) is 78.9 Å². The van der Waals surface area contributed by atoms with Gasteiger partial charge in [-0.2, -0.15) is 0 Å². The first-order chi connectivity index (χ1) is 15.5. The van der Waals surface area contributed by atoms with Crippen molar-refractivity contribution in [1.82, 2.24) is 0 Å². The summed E-state index contributed by atoms with van der Waals surface area (Å²) in [5.41, 5.74) is -0.0339. The molecule has 0 aliphatic rings. The summed E-state index contributed by atoms with van der Waals surface area (Å²) < 4.78 is 20.3. The molecule has 6 nitrogen and oxygen atoms in total. The Balaban J connectivity index is 1.80. The summed E-state index contributed by atoms with van der Waals surface area (Å²) in [5.74, 6) is -0.587. The van der Waals surface area contributed by atoms with E-state index in [0.29, 0.717) is 15.9 Å². The van der Waals surface area contributed by atoms with Crippen LogP contribution in [0.25, 0.3) is 0 Å². The van der Waals surface area contributed by atoms with Crippen LogP contribution in [0.1, 0.15) is 10.4 Å². The van der Waals surface area contributed by atoms with E-state index in [9.17, 15) is 14.6 Å². The van der Waals surface area contributed by atoms with Gasteiger partial charge in [0.1, 0.15) is 5.75 Å². The molecule has 0 unspecified atom stereocenters. The number of carbonyl (C=O) groups is 1. The number of benzene rings is 4. The van der Waals surface area contributed by atoms with E-state index >= 15 is 0 Å². The van der Waals surface area contributed by atoms with Crippen LogP contribution in [0, 0.1) is 5.21 Å². The maximum absolute atomic E-state index is 14.6. The largest absolute Gasteiger partial charge is 0.733 e. The van der Waals surface area contributed by atoms with Gasteiger partial charge >= 0.3 is 5.97 Å². The highest BCUT2D eigenvalue weighted by atomic mass is 31.2. The van der Waals surface area contributed by atoms with Crippen LogP contribution < -0.4 is 25.9 Å². The molecule has 0 saturated carbocycles. The molecule has 0 aromatic heterocycles. The second-order valence-electron chi connectivity index (χ2n) is 6.96. The van der Waals surface area contributed by atoms with Crippen LogP contribution in [0.4, 0.5) is 5.69 Å². The molecule has 32 heavy (non-hydrogen) atoms. The third-order valence-corrected chi connectivity index (χ3v) is 8.05. The van der Waals surface area contributed by atoms with Crippen molar-refractivity contribution in [3.8, 4) is 5.75 Å². The molecular weight excluding hydrogens is 425 g/mol. The molecule has 0 fully saturated rings. The predicted octanol–water partition coefficient (Wildman–Crippen LogP) is 4.24. The SMILES string of the molecule is O=C(Oc1ccccc1P(=O)(c1ccccc1)c1ccccc1)c1cccc(N([O-])O)c1. The minimum absolute atomic E-state index is 0.0708. The van der Waals surface area contributed by atoms with Gasteiger partial charge < -0.3 is 19.7 Å². The Morgan fingerprint density at radius 3 is 1.94 bits per heavy atom. The van der Waals surface area contributed by atoms with Crippen molar-refractivity contribution in [3.63, 3.8) is 0 Å². The monoisotopic (exact) mass is 444 g/mol. The smallest absolute Gasteiger partial charge is 0.343 e. The lowest BCUT2D eigenvalue weighted by molar-refractivity contribution is 0.0736. The van der Waals surface area contributed by atoms with Gasteiger partial charge in [-0.3, -0.25) is 5.21 Å². The van der Waals surface area contributed by atoms with Gasteiger partial charge in [-0.15, -0.1) is 0 Å². The van der Waals surface area contributed by atoms with Crippen molar-refractivity contribution in [2.75, 3.05) is 5.23 Å². The van der Waals surface area contributed by atoms with Gasteiger partial charge in [0.25, 0.3) is 0 Å². The molecule has 4 aromatic rings. The van der Waals surface area contributed by atoms with E-state index in [1.807, 2.05) is 36.4 Å². The fourth-order valence-corrected chi connectivity index (χ4v) is 6.18. The molecular formula is C25H19NO5P-. The standard InChI is InChI=1S/C25H19NO5P/c27-25(19-10-9-11-20(18-19)26(28)29)31-23-16-7-8-17-24(23)32(30,21-12-3-1-4-13-21)22-14-5-2-6-15-22/h1-18,28H/q-1. The number of esters is 1. The number of carbonyl (C=O) groups excluding carboxylic acids is 1. The van der Waals surface area contributed by atoms with Crippen LogP contribution in [-0.2, 0) is 4.57 Å². The zero-order chi connectivity index (χ0) is 22.6. The predicted molar refractivity (Wildman–Crippen MR) is 125 cm³/mol. The first-order valence-corrected chi connectivity index (χ1v) is 11.5. The van der Waals surface area contributed by atoms with Gasteiger partial charge in [0, 0.05) is 10.6 Å². The minimum atomic E-state index is -3.36. The number of anilines is 1. The highest BCUT2D eigenvalue weighted by Crippen LogP contribution is 2.45. The zero-order valence-corrected chi connectivity index (χ0v) is 17.8. The minimum Gasteiger partial charge on any atom is -0.733 e. The maximum atomic E-state index is 14.6. The van der Waals surface area contributed by atoms with E-state index in [4.69, 9.17) is 9.94 Å². The average molecular weight is 444 g/mol. The van der Waals surface area contributed by atoms with Crippen molar-refractivity contribution in [2.45, 2.75) is 0 Å². The molecule has 0 bridgehead atoms. The summed E-state index contributed by atoms with van der Waals surface area (Å²) in [6.45, 7) is 0. The zero-order valence-electron chi connectivity index (χ0n) is 16.9. The molecule has 4 rings (SSSR count). The number of nitrogens with zero attached hydrogens (tertiary/aromatic N) is 1. The number of ether oxygens (including phenoxy) is 1. The Hall–Kier alpha value is -3.70. The number of para-hydroxylation sites is 1. The Morgan fingerprint density at radius 2 is 1.34 bits per heavy atom. The highest BCUT2D eigenvalue weighted by Gasteiger charge is 2.33. The Bertz CT molecular complexity index is 1230. The molecule has 1 N–H and O–H groups in total. The molecule has 0 saturated heterocycles. The van der Waals surface area contributed by atoms with Gasteiger partial charge in [0.2, 0.25) is 0 Å². The summed E-state index contributed by atoms with van der Waals surface area (Å²) >= 11 is 0. The fourth-order valence-electron chi connectivity index (χ4n) is 3.42. The summed E-state index contributed by atoms with van der Waals surface area (Å²) in [4.78, 5) is 12.8. The summed E-state index contributed by atoms with van der Waals surface area (Å²) in [6.07, 6.45) is 0. The summed E-state index contributed by atoms with van der Waals surface area (Å²) in [5, 5.41) is 21.5. The lowest BCUT2D eigenvalue weighted by Crippen LogP contribution is -2.27. The number of hydrogen-bond donors (Lipinski definition) is 1. The van der Waals surface area contributed by atoms with E-state index in [2.05, 4.69) is 0 Å². The van der Waals surface area contributed by atoms with Crippen molar-refractivity contribution in [2.24, 2.45) is 0 Å². The van der Waals surface area contributed by atoms with Gasteiger partial charge in [-0.05, 0) is 30.3 Å². The van der Waals surface area contributed by atoms with Crippen LogP contribution >= 0.6 is 7.14 Å². The fraction of sp³-hybridized carbons (Fsp3) is 0. The molecule has 4 aromatic carbocycles. The third kappa shape index (κ3) is 4.20. The molecule has 0 radical (unpaired) electrons.